The number of benzene rings is 2. The second kappa shape index (κ2) is 7.37. The molecule has 0 radical (unpaired) electrons. The van der Waals surface area contributed by atoms with E-state index in [2.05, 4.69) is 33.3 Å². The van der Waals surface area contributed by atoms with Crippen LogP contribution in [0.1, 0.15) is 23.5 Å². The molecular formula is C22H23N5O3. The third-order valence-corrected chi connectivity index (χ3v) is 5.91. The first-order valence-electron chi connectivity index (χ1n) is 10.1. The molecule has 2 aromatic rings. The Labute approximate surface area is 174 Å². The Morgan fingerprint density at radius 3 is 2.90 bits per heavy atom. The molecule has 2 aromatic carbocycles. The molecule has 3 unspecified atom stereocenters. The van der Waals surface area contributed by atoms with Crippen LogP contribution in [0.4, 0.5) is 5.69 Å². The zero-order valence-electron chi connectivity index (χ0n) is 16.6. The fraction of sp³-hybridized carbons (Fsp3) is 0.318. The lowest BCUT2D eigenvalue weighted by atomic mass is 10.0. The summed E-state index contributed by atoms with van der Waals surface area (Å²) in [4.78, 5) is 27.2. The van der Waals surface area contributed by atoms with Crippen LogP contribution in [0.25, 0.3) is 0 Å². The summed E-state index contributed by atoms with van der Waals surface area (Å²) in [5.74, 6) is 0.953. The Kier molecular flexibility index (Phi) is 4.54. The van der Waals surface area contributed by atoms with E-state index < -0.39 is 12.2 Å². The zero-order valence-corrected chi connectivity index (χ0v) is 16.6. The van der Waals surface area contributed by atoms with Crippen molar-refractivity contribution >= 4 is 23.3 Å². The monoisotopic (exact) mass is 405 g/mol. The van der Waals surface area contributed by atoms with E-state index in [4.69, 9.17) is 4.74 Å². The van der Waals surface area contributed by atoms with Crippen LogP contribution in [0.2, 0.25) is 0 Å². The molecule has 1 aliphatic carbocycles. The number of amidine groups is 1. The van der Waals surface area contributed by atoms with E-state index in [1.807, 2.05) is 36.4 Å². The quantitative estimate of drug-likeness (QED) is 0.711. The van der Waals surface area contributed by atoms with Gasteiger partial charge in [0.15, 0.2) is 6.17 Å². The number of amides is 2. The first-order chi connectivity index (χ1) is 14.6. The molecule has 30 heavy (non-hydrogen) atoms. The van der Waals surface area contributed by atoms with Crippen molar-refractivity contribution < 1.29 is 14.3 Å². The summed E-state index contributed by atoms with van der Waals surface area (Å²) >= 11 is 0. The molecular weight excluding hydrogens is 382 g/mol. The lowest BCUT2D eigenvalue weighted by Crippen LogP contribution is -2.56. The summed E-state index contributed by atoms with van der Waals surface area (Å²) in [5, 5.41) is 10.3. The number of nitrogens with zero attached hydrogens (tertiary/aromatic N) is 2. The molecule has 3 N–H and O–H groups in total. The van der Waals surface area contributed by atoms with Gasteiger partial charge in [-0.1, -0.05) is 36.4 Å². The van der Waals surface area contributed by atoms with Gasteiger partial charge in [-0.05, 0) is 36.1 Å². The second-order valence-corrected chi connectivity index (χ2v) is 7.73. The van der Waals surface area contributed by atoms with Crippen LogP contribution in [0.3, 0.4) is 0 Å². The number of fused-ring (bicyclic) bond motifs is 2. The van der Waals surface area contributed by atoms with Crippen molar-refractivity contribution in [1.29, 1.82) is 0 Å². The number of nitrogens with one attached hydrogen (secondary N) is 3. The summed E-state index contributed by atoms with van der Waals surface area (Å²) in [6.07, 6.45) is 1.23. The molecule has 8 heteroatoms. The van der Waals surface area contributed by atoms with Crippen LogP contribution in [0.15, 0.2) is 53.6 Å². The minimum atomic E-state index is -0.783. The molecule has 3 aliphatic rings. The van der Waals surface area contributed by atoms with Gasteiger partial charge in [-0.25, -0.2) is 0 Å². The highest BCUT2D eigenvalue weighted by atomic mass is 16.5. The van der Waals surface area contributed by atoms with E-state index in [-0.39, 0.29) is 24.3 Å². The number of anilines is 1. The van der Waals surface area contributed by atoms with Gasteiger partial charge in [-0.15, -0.1) is 0 Å². The maximum absolute atomic E-state index is 12.8. The maximum Gasteiger partial charge on any atom is 0.265 e. The largest absolute Gasteiger partial charge is 0.489 e. The van der Waals surface area contributed by atoms with E-state index >= 15 is 0 Å². The molecule has 8 nitrogen and oxygen atoms in total. The van der Waals surface area contributed by atoms with Crippen molar-refractivity contribution in [1.82, 2.24) is 16.1 Å². The first-order valence-corrected chi connectivity index (χ1v) is 10.1. The fourth-order valence-corrected chi connectivity index (χ4v) is 4.30. The summed E-state index contributed by atoms with van der Waals surface area (Å²) in [6.45, 7) is 0.0718. The standard InChI is InChI=1S/C22H23N5O3/c1-27-17-8-4-5-9-18(17)30-12-16(22(27)29)23-21(28)20-24-19(25-26-20)15-11-10-13-6-2-3-7-14(13)15/h2-9,15-16,20,26H,10-12H2,1H3,(H,23,28)(H,24,25). The lowest BCUT2D eigenvalue weighted by Gasteiger charge is -2.22. The minimum Gasteiger partial charge on any atom is -0.489 e. The van der Waals surface area contributed by atoms with E-state index in [1.54, 1.807) is 7.05 Å². The van der Waals surface area contributed by atoms with Gasteiger partial charge in [0.2, 0.25) is 0 Å². The zero-order chi connectivity index (χ0) is 20.7. The number of hydrazone groups is 1. The van der Waals surface area contributed by atoms with Crippen LogP contribution in [0.5, 0.6) is 5.75 Å². The smallest absolute Gasteiger partial charge is 0.265 e. The molecule has 2 heterocycles. The molecule has 0 saturated heterocycles. The summed E-state index contributed by atoms with van der Waals surface area (Å²) < 4.78 is 5.76. The van der Waals surface area contributed by atoms with Gasteiger partial charge in [0, 0.05) is 13.0 Å². The summed E-state index contributed by atoms with van der Waals surface area (Å²) in [7, 11) is 1.68. The van der Waals surface area contributed by atoms with Gasteiger partial charge in [0.05, 0.1) is 5.69 Å². The van der Waals surface area contributed by atoms with Crippen molar-refractivity contribution in [2.75, 3.05) is 18.6 Å². The number of ether oxygens (including phenoxy) is 1. The number of aryl methyl sites for hydroxylation is 1. The molecule has 0 spiro atoms. The van der Waals surface area contributed by atoms with Crippen molar-refractivity contribution in [3.8, 4) is 5.75 Å². The first kappa shape index (κ1) is 18.5. The third kappa shape index (κ3) is 3.14. The number of hydrogen-bond donors (Lipinski definition) is 3. The molecule has 0 fully saturated rings. The molecule has 0 bridgehead atoms. The highest BCUT2D eigenvalue weighted by Crippen LogP contribution is 2.34. The van der Waals surface area contributed by atoms with E-state index in [0.29, 0.717) is 11.4 Å². The van der Waals surface area contributed by atoms with Crippen LogP contribution in [0, 0.1) is 0 Å². The van der Waals surface area contributed by atoms with Gasteiger partial charge in [-0.2, -0.15) is 5.10 Å². The van der Waals surface area contributed by atoms with Crippen LogP contribution >= 0.6 is 0 Å². The summed E-state index contributed by atoms with van der Waals surface area (Å²) in [5.41, 5.74) is 6.12. The third-order valence-electron chi connectivity index (χ3n) is 5.91. The van der Waals surface area contributed by atoms with E-state index in [1.165, 1.54) is 16.0 Å². The van der Waals surface area contributed by atoms with Crippen LogP contribution in [-0.4, -0.2) is 43.5 Å². The number of carbonyl (C=O) groups excluding carboxylic acids is 2. The Morgan fingerprint density at radius 2 is 2.00 bits per heavy atom. The average molecular weight is 405 g/mol. The number of para-hydroxylation sites is 2. The number of hydrogen-bond acceptors (Lipinski definition) is 6. The Balaban J connectivity index is 1.24. The predicted molar refractivity (Wildman–Crippen MR) is 112 cm³/mol. The average Bonchev–Trinajstić information content (AvgIpc) is 3.40. The molecule has 2 aliphatic heterocycles. The van der Waals surface area contributed by atoms with E-state index in [9.17, 15) is 9.59 Å². The fourth-order valence-electron chi connectivity index (χ4n) is 4.30. The molecule has 3 atom stereocenters. The highest BCUT2D eigenvalue weighted by Gasteiger charge is 2.36. The van der Waals surface area contributed by atoms with Crippen LogP contribution in [-0.2, 0) is 16.0 Å². The van der Waals surface area contributed by atoms with Crippen molar-refractivity contribution in [2.45, 2.75) is 31.0 Å². The Morgan fingerprint density at radius 1 is 1.20 bits per heavy atom. The van der Waals surface area contributed by atoms with Crippen molar-refractivity contribution in [3.05, 3.63) is 59.7 Å². The molecule has 0 aromatic heterocycles. The van der Waals surface area contributed by atoms with Gasteiger partial charge >= 0.3 is 0 Å². The number of carbonyl (C=O) groups is 2. The van der Waals surface area contributed by atoms with Gasteiger partial charge in [0.25, 0.3) is 11.8 Å². The van der Waals surface area contributed by atoms with Gasteiger partial charge in [0.1, 0.15) is 24.2 Å². The number of rotatable bonds is 3. The molecule has 0 saturated carbocycles. The molecule has 2 amide bonds. The Bertz CT molecular complexity index is 1040. The topological polar surface area (TPSA) is 95.1 Å². The predicted octanol–water partition coefficient (Wildman–Crippen LogP) is 1.09. The normalized spacial score (nSPS) is 24.6. The highest BCUT2D eigenvalue weighted by molar-refractivity contribution is 6.02. The lowest BCUT2D eigenvalue weighted by molar-refractivity contribution is -0.129. The van der Waals surface area contributed by atoms with Crippen LogP contribution < -0.4 is 25.7 Å². The maximum atomic E-state index is 12.8. The SMILES string of the molecule is CN1C(=O)C(NC(=O)C2NN=C(C3CCc4ccccc43)N2)COc2ccccc21. The van der Waals surface area contributed by atoms with Gasteiger partial charge in [-0.3, -0.25) is 15.0 Å². The van der Waals surface area contributed by atoms with E-state index in [0.717, 1.165) is 18.7 Å². The summed E-state index contributed by atoms with van der Waals surface area (Å²) in [6, 6.07) is 14.8. The van der Waals surface area contributed by atoms with Crippen molar-refractivity contribution in [3.63, 3.8) is 0 Å². The van der Waals surface area contributed by atoms with Gasteiger partial charge < -0.3 is 20.3 Å². The second-order valence-electron chi connectivity index (χ2n) is 7.73. The minimum absolute atomic E-state index is 0.0718. The Hall–Kier alpha value is -3.55. The molecule has 5 rings (SSSR count). The number of likely N-dealkylation sites (N-methyl/N-ethyl adjacent to an activating group) is 1. The van der Waals surface area contributed by atoms with Crippen molar-refractivity contribution in [2.24, 2.45) is 5.10 Å². The molecule has 154 valence electrons.